The van der Waals surface area contributed by atoms with Crippen LogP contribution >= 0.6 is 0 Å². The molecule has 0 spiro atoms. The number of nitrogens with two attached hydrogens (primary N) is 1. The third-order valence-corrected chi connectivity index (χ3v) is 6.55. The van der Waals surface area contributed by atoms with Crippen LogP contribution in [0.5, 0.6) is 0 Å². The SMILES string of the molecule is NC(=O)c1cccc2c1c1c(C(O)C(=O)O)cc(-c3ccc(C(F)(F)F)cc3)cc1n2Cc1ccccc1. The second-order valence-corrected chi connectivity index (χ2v) is 8.91. The quantitative estimate of drug-likeness (QED) is 0.266. The minimum Gasteiger partial charge on any atom is -0.479 e. The molecule has 5 aromatic rings. The van der Waals surface area contributed by atoms with Crippen LogP contribution in [0.3, 0.4) is 0 Å². The van der Waals surface area contributed by atoms with Gasteiger partial charge >= 0.3 is 12.1 Å². The third-order valence-electron chi connectivity index (χ3n) is 6.55. The number of hydrogen-bond donors (Lipinski definition) is 3. The monoisotopic (exact) mass is 518 g/mol. The Labute approximate surface area is 214 Å². The van der Waals surface area contributed by atoms with Crippen LogP contribution < -0.4 is 5.73 Å². The Kier molecular flexibility index (Phi) is 6.16. The zero-order chi connectivity index (χ0) is 27.2. The summed E-state index contributed by atoms with van der Waals surface area (Å²) in [5.74, 6) is -2.24. The molecule has 0 saturated carbocycles. The van der Waals surface area contributed by atoms with Crippen molar-refractivity contribution in [3.05, 3.63) is 107 Å². The number of fused-ring (bicyclic) bond motifs is 3. The fraction of sp³-hybridized carbons (Fsp3) is 0.103. The molecular weight excluding hydrogens is 497 g/mol. The maximum atomic E-state index is 13.1. The van der Waals surface area contributed by atoms with E-state index in [0.717, 1.165) is 17.7 Å². The minimum absolute atomic E-state index is 0.00425. The Morgan fingerprint density at radius 1 is 0.842 bits per heavy atom. The molecule has 5 rings (SSSR count). The number of carboxylic acid groups (broad SMARTS) is 1. The Bertz CT molecular complexity index is 1690. The number of aliphatic hydroxyl groups is 1. The van der Waals surface area contributed by atoms with Crippen molar-refractivity contribution in [2.45, 2.75) is 18.8 Å². The fourth-order valence-electron chi connectivity index (χ4n) is 4.80. The molecule has 1 atom stereocenters. The first-order valence-corrected chi connectivity index (χ1v) is 11.6. The molecule has 0 fully saturated rings. The van der Waals surface area contributed by atoms with Gasteiger partial charge in [0.15, 0.2) is 6.10 Å². The summed E-state index contributed by atoms with van der Waals surface area (Å²) in [6.07, 6.45) is -6.48. The molecule has 6 nitrogen and oxygen atoms in total. The maximum Gasteiger partial charge on any atom is 0.416 e. The summed E-state index contributed by atoms with van der Waals surface area (Å²) in [6, 6.07) is 22.0. The summed E-state index contributed by atoms with van der Waals surface area (Å²) < 4.78 is 41.3. The summed E-state index contributed by atoms with van der Waals surface area (Å²) in [7, 11) is 0. The molecule has 0 saturated heterocycles. The highest BCUT2D eigenvalue weighted by Crippen LogP contribution is 2.40. The number of carboxylic acids is 1. The molecule has 0 aliphatic rings. The first-order chi connectivity index (χ1) is 18.1. The van der Waals surface area contributed by atoms with E-state index in [4.69, 9.17) is 5.73 Å². The number of rotatable bonds is 6. The van der Waals surface area contributed by atoms with Gasteiger partial charge in [-0.15, -0.1) is 0 Å². The van der Waals surface area contributed by atoms with E-state index in [-0.39, 0.29) is 11.1 Å². The molecular formula is C29H21F3N2O4. The van der Waals surface area contributed by atoms with Crippen LogP contribution in [0, 0.1) is 0 Å². The normalized spacial score (nSPS) is 12.6. The van der Waals surface area contributed by atoms with E-state index < -0.39 is 29.7 Å². The van der Waals surface area contributed by atoms with Crippen LogP contribution in [0.4, 0.5) is 13.2 Å². The van der Waals surface area contributed by atoms with Gasteiger partial charge in [-0.2, -0.15) is 13.2 Å². The third kappa shape index (κ3) is 4.37. The predicted molar refractivity (Wildman–Crippen MR) is 137 cm³/mol. The highest BCUT2D eigenvalue weighted by molar-refractivity contribution is 6.20. The van der Waals surface area contributed by atoms with Gasteiger partial charge in [-0.1, -0.05) is 48.5 Å². The molecule has 0 aliphatic heterocycles. The summed E-state index contributed by atoms with van der Waals surface area (Å²) in [5.41, 5.74) is 7.78. The van der Waals surface area contributed by atoms with Gasteiger partial charge in [-0.25, -0.2) is 4.79 Å². The minimum atomic E-state index is -4.51. The molecule has 192 valence electrons. The smallest absolute Gasteiger partial charge is 0.416 e. The van der Waals surface area contributed by atoms with E-state index in [1.54, 1.807) is 18.2 Å². The van der Waals surface area contributed by atoms with E-state index in [2.05, 4.69) is 0 Å². The van der Waals surface area contributed by atoms with Crippen molar-refractivity contribution in [3.8, 4) is 11.1 Å². The average Bonchev–Trinajstić information content (AvgIpc) is 3.21. The molecule has 4 aromatic carbocycles. The number of hydrogen-bond acceptors (Lipinski definition) is 3. The zero-order valence-electron chi connectivity index (χ0n) is 19.7. The molecule has 9 heteroatoms. The van der Waals surface area contributed by atoms with E-state index >= 15 is 0 Å². The molecule has 1 amide bonds. The number of alkyl halides is 3. The number of benzene rings is 4. The molecule has 0 radical (unpaired) electrons. The molecule has 1 heterocycles. The van der Waals surface area contributed by atoms with Crippen LogP contribution in [-0.2, 0) is 17.5 Å². The van der Waals surface area contributed by atoms with Crippen molar-refractivity contribution in [2.24, 2.45) is 5.73 Å². The van der Waals surface area contributed by atoms with Crippen molar-refractivity contribution in [1.29, 1.82) is 0 Å². The summed E-state index contributed by atoms with van der Waals surface area (Å²) in [4.78, 5) is 24.3. The van der Waals surface area contributed by atoms with Gasteiger partial charge in [-0.3, -0.25) is 4.79 Å². The summed E-state index contributed by atoms with van der Waals surface area (Å²) >= 11 is 0. The first-order valence-electron chi connectivity index (χ1n) is 11.6. The standard InChI is InChI=1S/C29H21F3N2O4/c30-29(31,32)19-11-9-17(10-12-19)18-13-21(26(35)28(37)38)25-23(14-18)34(15-16-5-2-1-3-6-16)22-8-4-7-20(24(22)25)27(33)36/h1-14,26,35H,15H2,(H2,33,36)(H,37,38). The van der Waals surface area contributed by atoms with E-state index in [0.29, 0.717) is 39.5 Å². The number of aromatic nitrogens is 1. The first kappa shape index (κ1) is 25.0. The number of halogens is 3. The molecule has 0 bridgehead atoms. The van der Waals surface area contributed by atoms with E-state index in [1.807, 2.05) is 34.9 Å². The van der Waals surface area contributed by atoms with Crippen LogP contribution in [0.2, 0.25) is 0 Å². The maximum absolute atomic E-state index is 13.1. The van der Waals surface area contributed by atoms with Crippen molar-refractivity contribution in [1.82, 2.24) is 4.57 Å². The number of aliphatic hydroxyl groups excluding tert-OH is 1. The lowest BCUT2D eigenvalue weighted by Crippen LogP contribution is -2.13. The second-order valence-electron chi connectivity index (χ2n) is 8.91. The number of carbonyl (C=O) groups is 2. The average molecular weight is 518 g/mol. The van der Waals surface area contributed by atoms with Crippen LogP contribution in [0.25, 0.3) is 32.9 Å². The largest absolute Gasteiger partial charge is 0.479 e. The number of carbonyl (C=O) groups excluding carboxylic acids is 1. The number of nitrogens with zero attached hydrogens (tertiary/aromatic N) is 1. The summed E-state index contributed by atoms with van der Waals surface area (Å²) in [6.45, 7) is 0.335. The number of aliphatic carboxylic acids is 1. The molecule has 0 aliphatic carbocycles. The number of amides is 1. The van der Waals surface area contributed by atoms with Crippen molar-refractivity contribution >= 4 is 33.7 Å². The molecule has 1 unspecified atom stereocenters. The molecule has 4 N–H and O–H groups in total. The van der Waals surface area contributed by atoms with Crippen LogP contribution in [0.15, 0.2) is 84.9 Å². The van der Waals surface area contributed by atoms with Gasteiger partial charge in [0.05, 0.1) is 16.6 Å². The van der Waals surface area contributed by atoms with Crippen LogP contribution in [0.1, 0.15) is 33.2 Å². The van der Waals surface area contributed by atoms with Gasteiger partial charge in [0, 0.05) is 28.4 Å². The van der Waals surface area contributed by atoms with Gasteiger partial charge < -0.3 is 20.5 Å². The molecule has 38 heavy (non-hydrogen) atoms. The van der Waals surface area contributed by atoms with Crippen molar-refractivity contribution in [3.63, 3.8) is 0 Å². The van der Waals surface area contributed by atoms with Gasteiger partial charge in [0.25, 0.3) is 0 Å². The topological polar surface area (TPSA) is 106 Å². The van der Waals surface area contributed by atoms with Crippen molar-refractivity contribution in [2.75, 3.05) is 0 Å². The molecule has 1 aromatic heterocycles. The number of primary amides is 1. The highest BCUT2D eigenvalue weighted by Gasteiger charge is 2.30. The van der Waals surface area contributed by atoms with Gasteiger partial charge in [0.2, 0.25) is 5.91 Å². The van der Waals surface area contributed by atoms with E-state index in [9.17, 15) is 33.0 Å². The Balaban J connectivity index is 1.87. The lowest BCUT2D eigenvalue weighted by molar-refractivity contribution is -0.146. The van der Waals surface area contributed by atoms with E-state index in [1.165, 1.54) is 24.3 Å². The van der Waals surface area contributed by atoms with Gasteiger partial charge in [0.1, 0.15) is 0 Å². The second kappa shape index (κ2) is 9.35. The Hall–Kier alpha value is -4.63. The highest BCUT2D eigenvalue weighted by atomic mass is 19.4. The van der Waals surface area contributed by atoms with Crippen molar-refractivity contribution < 1.29 is 33.0 Å². The summed E-state index contributed by atoms with van der Waals surface area (Å²) in [5, 5.41) is 21.2. The Morgan fingerprint density at radius 2 is 1.53 bits per heavy atom. The lowest BCUT2D eigenvalue weighted by atomic mass is 9.94. The van der Waals surface area contributed by atoms with Crippen LogP contribution in [-0.4, -0.2) is 26.7 Å². The zero-order valence-corrected chi connectivity index (χ0v) is 19.7. The predicted octanol–water partition coefficient (Wildman–Crippen LogP) is 5.75. The lowest BCUT2D eigenvalue weighted by Gasteiger charge is -2.14. The van der Waals surface area contributed by atoms with Gasteiger partial charge in [-0.05, 0) is 53.1 Å². The fourth-order valence-corrected chi connectivity index (χ4v) is 4.80. The Morgan fingerprint density at radius 3 is 2.13 bits per heavy atom.